The van der Waals surface area contributed by atoms with Crippen LogP contribution in [0.25, 0.3) is 0 Å². The van der Waals surface area contributed by atoms with Crippen LogP contribution in [0.5, 0.6) is 5.75 Å². The van der Waals surface area contributed by atoms with Gasteiger partial charge in [-0.15, -0.1) is 0 Å². The number of hydrogen-bond acceptors (Lipinski definition) is 5. The van der Waals surface area contributed by atoms with Gasteiger partial charge in [-0.1, -0.05) is 6.07 Å². The predicted molar refractivity (Wildman–Crippen MR) is 105 cm³/mol. The fraction of sp³-hybridized carbons (Fsp3) is 0.632. The molecule has 0 radical (unpaired) electrons. The fourth-order valence-corrected chi connectivity index (χ4v) is 2.67. The topological polar surface area (TPSA) is 67.4 Å². The number of nitrogens with one attached hydrogen (secondary N) is 2. The van der Waals surface area contributed by atoms with Crippen LogP contribution in [0.4, 0.5) is 5.69 Å². The van der Waals surface area contributed by atoms with Gasteiger partial charge in [0.05, 0.1) is 25.9 Å². The Kier molecular flexibility index (Phi) is 9.23. The molecule has 7 nitrogen and oxygen atoms in total. The molecule has 1 aromatic rings. The number of anilines is 1. The van der Waals surface area contributed by atoms with Crippen molar-refractivity contribution in [2.45, 2.75) is 19.4 Å². The van der Waals surface area contributed by atoms with Crippen molar-refractivity contribution in [1.82, 2.24) is 10.2 Å². The number of morpholine rings is 1. The molecule has 0 amide bonds. The quantitative estimate of drug-likeness (QED) is 0.396. The minimum atomic E-state index is 0.139. The van der Waals surface area contributed by atoms with E-state index in [9.17, 15) is 0 Å². The Morgan fingerprint density at radius 3 is 3.04 bits per heavy atom. The van der Waals surface area contributed by atoms with E-state index >= 15 is 0 Å². The highest BCUT2D eigenvalue weighted by atomic mass is 16.5. The van der Waals surface area contributed by atoms with Crippen molar-refractivity contribution >= 4 is 11.6 Å². The van der Waals surface area contributed by atoms with E-state index in [1.54, 1.807) is 7.11 Å². The maximum absolute atomic E-state index is 5.78. The molecular formula is C19H32N4O3. The van der Waals surface area contributed by atoms with E-state index in [4.69, 9.17) is 14.2 Å². The molecule has 1 unspecified atom stereocenters. The average Bonchev–Trinajstić information content (AvgIpc) is 2.64. The van der Waals surface area contributed by atoms with Crippen LogP contribution < -0.4 is 15.4 Å². The first kappa shape index (κ1) is 20.5. The molecule has 1 aromatic carbocycles. The Hall–Kier alpha value is -1.83. The Bertz CT molecular complexity index is 553. The van der Waals surface area contributed by atoms with Crippen LogP contribution in [0.15, 0.2) is 29.3 Å². The first-order valence-corrected chi connectivity index (χ1v) is 9.28. The summed E-state index contributed by atoms with van der Waals surface area (Å²) in [6, 6.07) is 7.90. The molecule has 26 heavy (non-hydrogen) atoms. The lowest BCUT2D eigenvalue weighted by molar-refractivity contribution is -0.0136. The summed E-state index contributed by atoms with van der Waals surface area (Å²) in [4.78, 5) is 6.94. The van der Waals surface area contributed by atoms with Crippen LogP contribution >= 0.6 is 0 Å². The minimum absolute atomic E-state index is 0.139. The summed E-state index contributed by atoms with van der Waals surface area (Å²) in [5, 5.41) is 6.61. The smallest absolute Gasteiger partial charge is 0.195 e. The van der Waals surface area contributed by atoms with Gasteiger partial charge < -0.3 is 29.7 Å². The third kappa shape index (κ3) is 7.59. The second-order valence-corrected chi connectivity index (χ2v) is 6.32. The molecule has 0 bridgehead atoms. The number of rotatable bonds is 9. The van der Waals surface area contributed by atoms with Gasteiger partial charge in [0.2, 0.25) is 0 Å². The minimum Gasteiger partial charge on any atom is -0.493 e. The maximum Gasteiger partial charge on any atom is 0.195 e. The first-order chi connectivity index (χ1) is 12.7. The second kappa shape index (κ2) is 11.7. The number of nitrogens with zero attached hydrogens (tertiary/aromatic N) is 2. The van der Waals surface area contributed by atoms with E-state index < -0.39 is 0 Å². The summed E-state index contributed by atoms with van der Waals surface area (Å²) < 4.78 is 16.6. The number of hydrogen-bond donors (Lipinski definition) is 2. The molecule has 0 saturated carbocycles. The van der Waals surface area contributed by atoms with E-state index in [1.165, 1.54) is 0 Å². The number of methoxy groups -OCH3 is 1. The highest BCUT2D eigenvalue weighted by Gasteiger charge is 2.17. The van der Waals surface area contributed by atoms with Gasteiger partial charge >= 0.3 is 0 Å². The van der Waals surface area contributed by atoms with E-state index in [2.05, 4.69) is 34.5 Å². The molecule has 1 heterocycles. The van der Waals surface area contributed by atoms with Crippen molar-refractivity contribution in [2.75, 3.05) is 65.5 Å². The van der Waals surface area contributed by atoms with Crippen molar-refractivity contribution in [3.63, 3.8) is 0 Å². The SMILES string of the molecule is CCNC(=NCC1CN(C)CCO1)Nc1cccc(OCCCOC)c1. The summed E-state index contributed by atoms with van der Waals surface area (Å²) in [6.07, 6.45) is 1.01. The van der Waals surface area contributed by atoms with Crippen LogP contribution in [-0.4, -0.2) is 77.1 Å². The molecule has 1 saturated heterocycles. The van der Waals surface area contributed by atoms with Crippen molar-refractivity contribution in [1.29, 1.82) is 0 Å². The highest BCUT2D eigenvalue weighted by Crippen LogP contribution is 2.17. The summed E-state index contributed by atoms with van der Waals surface area (Å²) >= 11 is 0. The Labute approximate surface area is 156 Å². The van der Waals surface area contributed by atoms with Crippen LogP contribution in [0, 0.1) is 0 Å². The van der Waals surface area contributed by atoms with Crippen molar-refractivity contribution < 1.29 is 14.2 Å². The summed E-state index contributed by atoms with van der Waals surface area (Å²) in [6.45, 7) is 7.48. The largest absolute Gasteiger partial charge is 0.493 e. The van der Waals surface area contributed by atoms with Gasteiger partial charge in [-0.2, -0.15) is 0 Å². The summed E-state index contributed by atoms with van der Waals surface area (Å²) in [5.74, 6) is 1.58. The zero-order chi connectivity index (χ0) is 18.6. The maximum atomic E-state index is 5.78. The molecule has 0 aromatic heterocycles. The van der Waals surface area contributed by atoms with Crippen molar-refractivity contribution in [3.05, 3.63) is 24.3 Å². The van der Waals surface area contributed by atoms with Gasteiger partial charge in [-0.3, -0.25) is 4.99 Å². The molecule has 1 fully saturated rings. The Morgan fingerprint density at radius 1 is 1.38 bits per heavy atom. The normalized spacial score (nSPS) is 18.6. The standard InChI is InChI=1S/C19H32N4O3/c1-4-20-19(21-14-18-15-23(2)9-12-26-18)22-16-7-5-8-17(13-16)25-11-6-10-24-3/h5,7-8,13,18H,4,6,9-12,14-15H2,1-3H3,(H2,20,21,22). The first-order valence-electron chi connectivity index (χ1n) is 9.28. The van der Waals surface area contributed by atoms with Crippen LogP contribution in [0.1, 0.15) is 13.3 Å². The lowest BCUT2D eigenvalue weighted by Gasteiger charge is -2.29. The predicted octanol–water partition coefficient (Wildman–Crippen LogP) is 1.81. The second-order valence-electron chi connectivity index (χ2n) is 6.32. The molecule has 1 aliphatic heterocycles. The van der Waals surface area contributed by atoms with E-state index in [0.717, 1.165) is 50.1 Å². The number of ether oxygens (including phenoxy) is 3. The van der Waals surface area contributed by atoms with E-state index in [0.29, 0.717) is 19.8 Å². The monoisotopic (exact) mass is 364 g/mol. The lowest BCUT2D eigenvalue weighted by atomic mass is 10.3. The zero-order valence-electron chi connectivity index (χ0n) is 16.2. The Balaban J connectivity index is 1.90. The lowest BCUT2D eigenvalue weighted by Crippen LogP contribution is -2.42. The molecule has 2 N–H and O–H groups in total. The van der Waals surface area contributed by atoms with Gasteiger partial charge in [0.25, 0.3) is 0 Å². The van der Waals surface area contributed by atoms with Crippen molar-refractivity contribution in [3.8, 4) is 5.75 Å². The Morgan fingerprint density at radius 2 is 2.27 bits per heavy atom. The van der Waals surface area contributed by atoms with Gasteiger partial charge in [-0.25, -0.2) is 0 Å². The van der Waals surface area contributed by atoms with E-state index in [-0.39, 0.29) is 6.10 Å². The molecule has 0 spiro atoms. The van der Waals surface area contributed by atoms with Gasteiger partial charge in [-0.05, 0) is 26.1 Å². The molecular weight excluding hydrogens is 332 g/mol. The molecule has 146 valence electrons. The van der Waals surface area contributed by atoms with Crippen LogP contribution in [-0.2, 0) is 9.47 Å². The van der Waals surface area contributed by atoms with Gasteiger partial charge in [0, 0.05) is 51.5 Å². The third-order valence-corrected chi connectivity index (χ3v) is 4.00. The summed E-state index contributed by atoms with van der Waals surface area (Å²) in [5.41, 5.74) is 0.940. The fourth-order valence-electron chi connectivity index (χ4n) is 2.67. The zero-order valence-corrected chi connectivity index (χ0v) is 16.2. The van der Waals surface area contributed by atoms with Gasteiger partial charge in [0.1, 0.15) is 5.75 Å². The number of likely N-dealkylation sites (N-methyl/N-ethyl adjacent to an activating group) is 1. The average molecular weight is 364 g/mol. The third-order valence-electron chi connectivity index (χ3n) is 4.00. The number of aliphatic imine (C=N–C) groups is 1. The van der Waals surface area contributed by atoms with Crippen molar-refractivity contribution in [2.24, 2.45) is 4.99 Å². The number of guanidine groups is 1. The molecule has 0 aliphatic carbocycles. The highest BCUT2D eigenvalue weighted by molar-refractivity contribution is 5.93. The molecule has 1 aliphatic rings. The van der Waals surface area contributed by atoms with Crippen LogP contribution in [0.3, 0.4) is 0 Å². The number of benzene rings is 1. The van der Waals surface area contributed by atoms with Crippen LogP contribution in [0.2, 0.25) is 0 Å². The van der Waals surface area contributed by atoms with Gasteiger partial charge in [0.15, 0.2) is 5.96 Å². The molecule has 1 atom stereocenters. The molecule has 7 heteroatoms. The van der Waals surface area contributed by atoms with E-state index in [1.807, 2.05) is 24.3 Å². The summed E-state index contributed by atoms with van der Waals surface area (Å²) in [7, 11) is 3.81. The molecule has 2 rings (SSSR count).